The van der Waals surface area contributed by atoms with Crippen LogP contribution in [0.25, 0.3) is 0 Å². The molecule has 0 aliphatic carbocycles. The van der Waals surface area contributed by atoms with E-state index < -0.39 is 25.9 Å². The number of halogens is 1. The minimum absolute atomic E-state index is 0.00701. The molecule has 0 fully saturated rings. The maximum atomic E-state index is 12.8. The van der Waals surface area contributed by atoms with Crippen LogP contribution in [0.5, 0.6) is 5.75 Å². The Balaban J connectivity index is 2.42. The van der Waals surface area contributed by atoms with Crippen LogP contribution >= 0.6 is 11.6 Å². The van der Waals surface area contributed by atoms with Gasteiger partial charge in [0.15, 0.2) is 9.84 Å². The Morgan fingerprint density at radius 2 is 1.86 bits per heavy atom. The SMILES string of the molecule is CCC(CC)S(=O)(=O)c1ccc(OC)c(NC(=O)c2ccc([N+](=O)[O-])cc2Cl)c1. The van der Waals surface area contributed by atoms with Gasteiger partial charge in [-0.25, -0.2) is 8.42 Å². The molecule has 8 nitrogen and oxygen atoms in total. The molecule has 2 aromatic carbocycles. The van der Waals surface area contributed by atoms with Crippen LogP contribution in [0.2, 0.25) is 5.02 Å². The van der Waals surface area contributed by atoms with Gasteiger partial charge in [0, 0.05) is 12.1 Å². The molecular formula is C19H21ClN2O6S. The Bertz CT molecular complexity index is 1030. The molecule has 0 unspecified atom stereocenters. The van der Waals surface area contributed by atoms with E-state index in [1.54, 1.807) is 13.8 Å². The predicted molar refractivity (Wildman–Crippen MR) is 111 cm³/mol. The van der Waals surface area contributed by atoms with Crippen molar-refractivity contribution in [1.29, 1.82) is 0 Å². The first-order valence-corrected chi connectivity index (χ1v) is 10.7. The number of sulfone groups is 1. The maximum Gasteiger partial charge on any atom is 0.270 e. The molecule has 0 aliphatic heterocycles. The molecule has 0 saturated carbocycles. The molecule has 10 heteroatoms. The summed E-state index contributed by atoms with van der Waals surface area (Å²) in [4.78, 5) is 22.9. The number of nitro benzene ring substituents is 1. The molecule has 1 N–H and O–H groups in total. The van der Waals surface area contributed by atoms with Crippen molar-refractivity contribution < 1.29 is 22.9 Å². The third-order valence-electron chi connectivity index (χ3n) is 4.51. The fourth-order valence-corrected chi connectivity index (χ4v) is 4.94. The topological polar surface area (TPSA) is 116 Å². The zero-order chi connectivity index (χ0) is 21.8. The molecular weight excluding hydrogens is 420 g/mol. The second-order valence-electron chi connectivity index (χ2n) is 6.22. The summed E-state index contributed by atoms with van der Waals surface area (Å²) in [5.41, 5.74) is -0.0890. The van der Waals surface area contributed by atoms with Crippen LogP contribution < -0.4 is 10.1 Å². The second kappa shape index (κ2) is 9.23. The summed E-state index contributed by atoms with van der Waals surface area (Å²) < 4.78 is 30.8. The van der Waals surface area contributed by atoms with Gasteiger partial charge in [0.05, 0.1) is 38.5 Å². The van der Waals surface area contributed by atoms with E-state index >= 15 is 0 Å². The highest BCUT2D eigenvalue weighted by Gasteiger charge is 2.26. The van der Waals surface area contributed by atoms with E-state index in [0.717, 1.165) is 12.1 Å². The third-order valence-corrected chi connectivity index (χ3v) is 7.27. The molecule has 0 saturated heterocycles. The Kier molecular flexibility index (Phi) is 7.21. The summed E-state index contributed by atoms with van der Waals surface area (Å²) in [7, 11) is -2.19. The van der Waals surface area contributed by atoms with E-state index in [9.17, 15) is 23.3 Å². The predicted octanol–water partition coefficient (Wildman–Crippen LogP) is 4.47. The molecule has 0 aromatic heterocycles. The lowest BCUT2D eigenvalue weighted by Gasteiger charge is -2.16. The lowest BCUT2D eigenvalue weighted by Crippen LogP contribution is -2.20. The number of nitrogens with zero attached hydrogens (tertiary/aromatic N) is 1. The number of carbonyl (C=O) groups excluding carboxylic acids is 1. The number of benzene rings is 2. The van der Waals surface area contributed by atoms with Crippen molar-refractivity contribution in [1.82, 2.24) is 0 Å². The molecule has 2 rings (SSSR count). The van der Waals surface area contributed by atoms with Gasteiger partial charge in [0.2, 0.25) is 0 Å². The number of rotatable bonds is 8. The van der Waals surface area contributed by atoms with Gasteiger partial charge >= 0.3 is 0 Å². The summed E-state index contributed by atoms with van der Waals surface area (Å²) in [6, 6.07) is 7.69. The first-order chi connectivity index (χ1) is 13.6. The largest absolute Gasteiger partial charge is 0.495 e. The Hall–Kier alpha value is -2.65. The molecule has 0 heterocycles. The fourth-order valence-electron chi connectivity index (χ4n) is 2.87. The van der Waals surface area contributed by atoms with Crippen molar-refractivity contribution in [3.05, 3.63) is 57.1 Å². The van der Waals surface area contributed by atoms with E-state index in [1.807, 2.05) is 0 Å². The normalized spacial score (nSPS) is 11.3. The fraction of sp³-hybridized carbons (Fsp3) is 0.316. The van der Waals surface area contributed by atoms with Crippen molar-refractivity contribution in [3.8, 4) is 5.75 Å². The number of non-ortho nitro benzene ring substituents is 1. The van der Waals surface area contributed by atoms with Gasteiger partial charge in [0.1, 0.15) is 5.75 Å². The summed E-state index contributed by atoms with van der Waals surface area (Å²) in [5, 5.41) is 12.8. The lowest BCUT2D eigenvalue weighted by atomic mass is 10.2. The zero-order valence-corrected chi connectivity index (χ0v) is 17.7. The molecule has 156 valence electrons. The molecule has 0 bridgehead atoms. The van der Waals surface area contributed by atoms with Gasteiger partial charge in [-0.15, -0.1) is 0 Å². The Labute approximate surface area is 173 Å². The van der Waals surface area contributed by atoms with Gasteiger partial charge in [-0.05, 0) is 37.1 Å². The number of ether oxygens (including phenoxy) is 1. The zero-order valence-electron chi connectivity index (χ0n) is 16.1. The number of nitro groups is 1. The van der Waals surface area contributed by atoms with Crippen LogP contribution in [-0.4, -0.2) is 31.6 Å². The molecule has 29 heavy (non-hydrogen) atoms. The highest BCUT2D eigenvalue weighted by molar-refractivity contribution is 7.92. The van der Waals surface area contributed by atoms with E-state index in [0.29, 0.717) is 12.8 Å². The molecule has 0 spiro atoms. The molecule has 2 aromatic rings. The van der Waals surface area contributed by atoms with Crippen LogP contribution in [0.4, 0.5) is 11.4 Å². The lowest BCUT2D eigenvalue weighted by molar-refractivity contribution is -0.384. The summed E-state index contributed by atoms with van der Waals surface area (Å²) in [6.07, 6.45) is 0.927. The van der Waals surface area contributed by atoms with E-state index in [4.69, 9.17) is 16.3 Å². The van der Waals surface area contributed by atoms with E-state index in [-0.39, 0.29) is 32.6 Å². The monoisotopic (exact) mass is 440 g/mol. The van der Waals surface area contributed by atoms with Gasteiger partial charge in [-0.2, -0.15) is 0 Å². The Morgan fingerprint density at radius 3 is 2.38 bits per heavy atom. The minimum atomic E-state index is -3.58. The average Bonchev–Trinajstić information content (AvgIpc) is 2.68. The van der Waals surface area contributed by atoms with Crippen LogP contribution in [0.1, 0.15) is 37.0 Å². The molecule has 0 atom stereocenters. The van der Waals surface area contributed by atoms with Crippen LogP contribution in [0, 0.1) is 10.1 Å². The van der Waals surface area contributed by atoms with E-state index in [1.165, 1.54) is 31.4 Å². The van der Waals surface area contributed by atoms with E-state index in [2.05, 4.69) is 5.32 Å². The van der Waals surface area contributed by atoms with Crippen LogP contribution in [-0.2, 0) is 9.84 Å². The number of carbonyl (C=O) groups is 1. The highest BCUT2D eigenvalue weighted by atomic mass is 35.5. The highest BCUT2D eigenvalue weighted by Crippen LogP contribution is 2.31. The summed E-state index contributed by atoms with van der Waals surface area (Å²) in [6.45, 7) is 3.60. The number of amides is 1. The number of nitrogens with one attached hydrogen (secondary N) is 1. The van der Waals surface area contributed by atoms with Crippen molar-refractivity contribution in [2.45, 2.75) is 36.8 Å². The van der Waals surface area contributed by atoms with Crippen LogP contribution in [0.15, 0.2) is 41.3 Å². The van der Waals surface area contributed by atoms with Gasteiger partial charge in [0.25, 0.3) is 11.6 Å². The van der Waals surface area contributed by atoms with Gasteiger partial charge < -0.3 is 10.1 Å². The van der Waals surface area contributed by atoms with Crippen molar-refractivity contribution >= 4 is 38.7 Å². The van der Waals surface area contributed by atoms with Crippen molar-refractivity contribution in [2.75, 3.05) is 12.4 Å². The third kappa shape index (κ3) is 4.86. The van der Waals surface area contributed by atoms with Crippen molar-refractivity contribution in [2.24, 2.45) is 0 Å². The number of anilines is 1. The second-order valence-corrected chi connectivity index (χ2v) is 8.86. The van der Waals surface area contributed by atoms with Crippen LogP contribution in [0.3, 0.4) is 0 Å². The summed E-state index contributed by atoms with van der Waals surface area (Å²) >= 11 is 6.00. The maximum absolute atomic E-state index is 12.8. The first-order valence-electron chi connectivity index (χ1n) is 8.82. The molecule has 1 amide bonds. The number of hydrogen-bond donors (Lipinski definition) is 1. The van der Waals surface area contributed by atoms with Crippen molar-refractivity contribution in [3.63, 3.8) is 0 Å². The number of hydrogen-bond acceptors (Lipinski definition) is 6. The summed E-state index contributed by atoms with van der Waals surface area (Å²) in [5.74, 6) is -0.389. The standard InChI is InChI=1S/C19H21ClN2O6S/c1-4-13(5-2)29(26,27)14-7-9-18(28-3)17(11-14)21-19(23)15-8-6-12(22(24)25)10-16(15)20/h6-11,13H,4-5H2,1-3H3,(H,21,23). The Morgan fingerprint density at radius 1 is 1.21 bits per heavy atom. The van der Waals surface area contributed by atoms with Gasteiger partial charge in [-0.1, -0.05) is 25.4 Å². The van der Waals surface area contributed by atoms with Gasteiger partial charge in [-0.3, -0.25) is 14.9 Å². The first kappa shape index (κ1) is 22.6. The molecule has 0 radical (unpaired) electrons. The number of methoxy groups -OCH3 is 1. The minimum Gasteiger partial charge on any atom is -0.495 e. The smallest absolute Gasteiger partial charge is 0.270 e. The average molecular weight is 441 g/mol. The molecule has 0 aliphatic rings. The quantitative estimate of drug-likeness (QED) is 0.478.